The number of ether oxygens (including phenoxy) is 2. The highest BCUT2D eigenvalue weighted by molar-refractivity contribution is 6.32. The zero-order valence-electron chi connectivity index (χ0n) is 12.5. The summed E-state index contributed by atoms with van der Waals surface area (Å²) in [7, 11) is 0. The van der Waals surface area contributed by atoms with Gasteiger partial charge in [-0.05, 0) is 31.0 Å². The number of benzene rings is 1. The number of rotatable bonds is 8. The van der Waals surface area contributed by atoms with Gasteiger partial charge >= 0.3 is 11.9 Å². The van der Waals surface area contributed by atoms with Crippen LogP contribution in [0.2, 0.25) is 5.02 Å². The summed E-state index contributed by atoms with van der Waals surface area (Å²) in [6.45, 7) is 4.36. The third-order valence-corrected chi connectivity index (χ3v) is 3.17. The lowest BCUT2D eigenvalue weighted by molar-refractivity contribution is -0.147. The lowest BCUT2D eigenvalue weighted by atomic mass is 10.2. The summed E-state index contributed by atoms with van der Waals surface area (Å²) >= 11 is 5.93. The molecule has 1 rings (SSSR count). The number of hydrogen-bond donors (Lipinski definition) is 0. The van der Waals surface area contributed by atoms with Crippen LogP contribution in [0.25, 0.3) is 0 Å². The zero-order valence-corrected chi connectivity index (χ0v) is 13.2. The predicted molar refractivity (Wildman–Crippen MR) is 81.5 cm³/mol. The van der Waals surface area contributed by atoms with E-state index in [4.69, 9.17) is 21.1 Å². The zero-order chi connectivity index (χ0) is 15.7. The monoisotopic (exact) mass is 312 g/mol. The topological polar surface area (TPSA) is 52.6 Å². The summed E-state index contributed by atoms with van der Waals surface area (Å²) in [5, 5.41) is 0.371. The molecule has 5 heteroatoms. The summed E-state index contributed by atoms with van der Waals surface area (Å²) in [6.07, 6.45) is 2.96. The highest BCUT2D eigenvalue weighted by Crippen LogP contribution is 2.25. The fraction of sp³-hybridized carbons (Fsp3) is 0.500. The van der Waals surface area contributed by atoms with Crippen molar-refractivity contribution in [3.63, 3.8) is 0 Å². The fourth-order valence-corrected chi connectivity index (χ4v) is 1.83. The number of halogens is 1. The lowest BCUT2D eigenvalue weighted by Gasteiger charge is -2.07. The maximum absolute atomic E-state index is 11.7. The Bertz CT molecular complexity index is 485. The molecule has 0 aliphatic heterocycles. The van der Waals surface area contributed by atoms with E-state index < -0.39 is 5.97 Å². The molecular weight excluding hydrogens is 292 g/mol. The molecule has 1 aromatic carbocycles. The highest BCUT2D eigenvalue weighted by atomic mass is 35.5. The number of carbonyl (C=O) groups is 2. The lowest BCUT2D eigenvalue weighted by Crippen LogP contribution is -2.13. The molecule has 0 N–H and O–H groups in total. The van der Waals surface area contributed by atoms with E-state index in [0.717, 1.165) is 24.8 Å². The van der Waals surface area contributed by atoms with Crippen LogP contribution >= 0.6 is 11.6 Å². The third kappa shape index (κ3) is 7.14. The molecule has 0 radical (unpaired) electrons. The van der Waals surface area contributed by atoms with Crippen LogP contribution in [0.4, 0.5) is 0 Å². The summed E-state index contributed by atoms with van der Waals surface area (Å²) in [6, 6.07) is 5.18. The second-order valence-electron chi connectivity index (χ2n) is 4.84. The van der Waals surface area contributed by atoms with Crippen molar-refractivity contribution >= 4 is 23.5 Å². The molecule has 21 heavy (non-hydrogen) atoms. The van der Waals surface area contributed by atoms with E-state index in [-0.39, 0.29) is 18.8 Å². The minimum absolute atomic E-state index is 0.0170. The molecule has 0 spiro atoms. The van der Waals surface area contributed by atoms with E-state index in [9.17, 15) is 9.59 Å². The molecule has 0 unspecified atom stereocenters. The van der Waals surface area contributed by atoms with Gasteiger partial charge in [-0.1, -0.05) is 37.4 Å². The first kappa shape index (κ1) is 17.5. The molecule has 0 bridgehead atoms. The Labute approximate surface area is 130 Å². The Hall–Kier alpha value is -1.55. The Kier molecular flexibility index (Phi) is 7.83. The fourth-order valence-electron chi connectivity index (χ4n) is 1.68. The van der Waals surface area contributed by atoms with Crippen LogP contribution in [0.3, 0.4) is 0 Å². The third-order valence-electron chi connectivity index (χ3n) is 2.85. The molecule has 0 heterocycles. The smallest absolute Gasteiger partial charge is 0.311 e. The molecule has 0 fully saturated rings. The van der Waals surface area contributed by atoms with Crippen molar-refractivity contribution in [3.8, 4) is 5.75 Å². The highest BCUT2D eigenvalue weighted by Gasteiger charge is 2.12. The molecule has 4 nitrogen and oxygen atoms in total. The molecule has 0 amide bonds. The van der Waals surface area contributed by atoms with Gasteiger partial charge in [0.1, 0.15) is 5.75 Å². The van der Waals surface area contributed by atoms with Gasteiger partial charge in [-0.25, -0.2) is 0 Å². The van der Waals surface area contributed by atoms with Gasteiger partial charge in [-0.2, -0.15) is 0 Å². The molecule has 0 atom stereocenters. The average Bonchev–Trinajstić information content (AvgIpc) is 2.45. The summed E-state index contributed by atoms with van der Waals surface area (Å²) in [5.74, 6) is -0.551. The van der Waals surface area contributed by atoms with E-state index in [2.05, 4.69) is 6.92 Å². The van der Waals surface area contributed by atoms with Crippen LogP contribution in [0.5, 0.6) is 5.75 Å². The van der Waals surface area contributed by atoms with Crippen molar-refractivity contribution in [2.24, 2.45) is 0 Å². The molecule has 1 aromatic rings. The van der Waals surface area contributed by atoms with E-state index >= 15 is 0 Å². The molecule has 0 aliphatic carbocycles. The van der Waals surface area contributed by atoms with E-state index in [1.165, 1.54) is 0 Å². The molecule has 116 valence electrons. The first-order valence-corrected chi connectivity index (χ1v) is 7.53. The maximum atomic E-state index is 11.7. The van der Waals surface area contributed by atoms with Crippen LogP contribution in [0, 0.1) is 6.92 Å². The Morgan fingerprint density at radius 1 is 1.14 bits per heavy atom. The van der Waals surface area contributed by atoms with Crippen molar-refractivity contribution in [2.45, 2.75) is 46.0 Å². The minimum atomic E-state index is -0.493. The number of unbranched alkanes of at least 4 members (excludes halogenated alkanes) is 2. The Morgan fingerprint density at radius 3 is 2.57 bits per heavy atom. The van der Waals surface area contributed by atoms with Gasteiger partial charge in [0.05, 0.1) is 24.5 Å². The van der Waals surface area contributed by atoms with Gasteiger partial charge in [0.2, 0.25) is 0 Å². The Balaban J connectivity index is 2.30. The van der Waals surface area contributed by atoms with Gasteiger partial charge < -0.3 is 9.47 Å². The summed E-state index contributed by atoms with van der Waals surface area (Å²) in [5.41, 5.74) is 0.942. The van der Waals surface area contributed by atoms with Crippen LogP contribution in [0.1, 0.15) is 44.6 Å². The molecule has 0 aliphatic rings. The van der Waals surface area contributed by atoms with Crippen molar-refractivity contribution in [2.75, 3.05) is 6.61 Å². The standard InChI is InChI=1S/C16H21ClO4/c1-3-4-5-10-20-15(18)8-9-16(19)21-14-11-12(2)6-7-13(14)17/h6-7,11H,3-5,8-10H2,1-2H3. The number of carbonyl (C=O) groups excluding carboxylic acids is 2. The van der Waals surface area contributed by atoms with Crippen molar-refractivity contribution in [1.82, 2.24) is 0 Å². The number of hydrogen-bond acceptors (Lipinski definition) is 4. The minimum Gasteiger partial charge on any atom is -0.466 e. The van der Waals surface area contributed by atoms with E-state index in [1.54, 1.807) is 12.1 Å². The van der Waals surface area contributed by atoms with Gasteiger partial charge in [-0.15, -0.1) is 0 Å². The molecular formula is C16H21ClO4. The largest absolute Gasteiger partial charge is 0.466 e. The van der Waals surface area contributed by atoms with Crippen LogP contribution in [-0.4, -0.2) is 18.5 Å². The second-order valence-corrected chi connectivity index (χ2v) is 5.24. The molecule has 0 saturated heterocycles. The van der Waals surface area contributed by atoms with Crippen LogP contribution in [-0.2, 0) is 14.3 Å². The summed E-state index contributed by atoms with van der Waals surface area (Å²) in [4.78, 5) is 23.1. The van der Waals surface area contributed by atoms with Crippen molar-refractivity contribution in [1.29, 1.82) is 0 Å². The number of aryl methyl sites for hydroxylation is 1. The van der Waals surface area contributed by atoms with Gasteiger partial charge in [0.25, 0.3) is 0 Å². The number of esters is 2. The van der Waals surface area contributed by atoms with Gasteiger partial charge in [0.15, 0.2) is 0 Å². The Morgan fingerprint density at radius 2 is 1.86 bits per heavy atom. The van der Waals surface area contributed by atoms with Crippen molar-refractivity contribution in [3.05, 3.63) is 28.8 Å². The maximum Gasteiger partial charge on any atom is 0.311 e. The van der Waals surface area contributed by atoms with Crippen LogP contribution in [0.15, 0.2) is 18.2 Å². The van der Waals surface area contributed by atoms with Crippen LogP contribution < -0.4 is 4.74 Å². The molecule has 0 aromatic heterocycles. The molecule has 0 saturated carbocycles. The average molecular weight is 313 g/mol. The second kappa shape index (κ2) is 9.40. The van der Waals surface area contributed by atoms with Gasteiger partial charge in [0, 0.05) is 0 Å². The van der Waals surface area contributed by atoms with Gasteiger partial charge in [-0.3, -0.25) is 9.59 Å². The first-order chi connectivity index (χ1) is 10.0. The normalized spacial score (nSPS) is 10.2. The van der Waals surface area contributed by atoms with E-state index in [0.29, 0.717) is 17.4 Å². The first-order valence-electron chi connectivity index (χ1n) is 7.15. The van der Waals surface area contributed by atoms with E-state index in [1.807, 2.05) is 13.0 Å². The predicted octanol–water partition coefficient (Wildman–Crippen LogP) is 4.07. The van der Waals surface area contributed by atoms with Crippen molar-refractivity contribution < 1.29 is 19.1 Å². The SMILES string of the molecule is CCCCCOC(=O)CCC(=O)Oc1cc(C)ccc1Cl. The summed E-state index contributed by atoms with van der Waals surface area (Å²) < 4.78 is 10.2. The quantitative estimate of drug-likeness (QED) is 0.412.